The molecule has 2 aromatic rings. The zero-order valence-corrected chi connectivity index (χ0v) is 16.7. The molecule has 1 fully saturated rings. The quantitative estimate of drug-likeness (QED) is 0.633. The number of hydrogen-bond donors (Lipinski definition) is 3. The van der Waals surface area contributed by atoms with Crippen LogP contribution in [-0.2, 0) is 20.9 Å². The Morgan fingerprint density at radius 1 is 1.26 bits per heavy atom. The number of fused-ring (bicyclic) bond motifs is 1. The van der Waals surface area contributed by atoms with E-state index in [1.54, 1.807) is 12.1 Å². The van der Waals surface area contributed by atoms with Crippen molar-refractivity contribution in [3.63, 3.8) is 0 Å². The van der Waals surface area contributed by atoms with Crippen molar-refractivity contribution in [1.29, 1.82) is 0 Å². The lowest BCUT2D eigenvalue weighted by Crippen LogP contribution is -2.51. The fraction of sp³-hybridized carbons (Fsp3) is 0.333. The summed E-state index contributed by atoms with van der Waals surface area (Å²) in [4.78, 5) is 42.4. The highest BCUT2D eigenvalue weighted by molar-refractivity contribution is 5.98. The molecule has 2 aliphatic heterocycles. The van der Waals surface area contributed by atoms with Crippen LogP contribution in [0.5, 0.6) is 5.75 Å². The van der Waals surface area contributed by atoms with Gasteiger partial charge in [0.1, 0.15) is 12.4 Å². The van der Waals surface area contributed by atoms with Crippen LogP contribution in [0.15, 0.2) is 42.5 Å². The van der Waals surface area contributed by atoms with Gasteiger partial charge in [-0.2, -0.15) is 0 Å². The molecule has 0 spiro atoms. The number of benzene rings is 1. The van der Waals surface area contributed by atoms with Crippen LogP contribution in [0.3, 0.4) is 0 Å². The molecule has 1 aromatic carbocycles. The van der Waals surface area contributed by atoms with Crippen LogP contribution in [0.4, 0.5) is 16.4 Å². The van der Waals surface area contributed by atoms with E-state index in [9.17, 15) is 19.5 Å². The molecule has 1 atom stereocenters. The van der Waals surface area contributed by atoms with Gasteiger partial charge < -0.3 is 25.2 Å². The van der Waals surface area contributed by atoms with Crippen LogP contribution in [0, 0.1) is 0 Å². The number of nitrogens with zero attached hydrogens (tertiary/aromatic N) is 2. The summed E-state index contributed by atoms with van der Waals surface area (Å²) in [6.07, 6.45) is -0.526. The van der Waals surface area contributed by atoms with Crippen molar-refractivity contribution < 1.29 is 29.0 Å². The highest BCUT2D eigenvalue weighted by atomic mass is 16.5. The minimum Gasteiger partial charge on any atom is -0.480 e. The van der Waals surface area contributed by atoms with Crippen molar-refractivity contribution in [2.75, 3.05) is 30.0 Å². The first-order valence-corrected chi connectivity index (χ1v) is 9.82. The number of aliphatic hydroxyl groups excluding tert-OH is 1. The van der Waals surface area contributed by atoms with E-state index in [1.165, 1.54) is 4.90 Å². The zero-order valence-electron chi connectivity index (χ0n) is 16.7. The highest BCUT2D eigenvalue weighted by Gasteiger charge is 2.45. The van der Waals surface area contributed by atoms with Gasteiger partial charge in [-0.25, -0.2) is 9.78 Å². The van der Waals surface area contributed by atoms with Crippen LogP contribution in [0.1, 0.15) is 18.4 Å². The predicted octanol–water partition coefficient (Wildman–Crippen LogP) is 1.20. The monoisotopic (exact) mass is 426 g/mol. The molecule has 3 heterocycles. The van der Waals surface area contributed by atoms with Crippen molar-refractivity contribution in [3.8, 4) is 5.75 Å². The summed E-state index contributed by atoms with van der Waals surface area (Å²) < 4.78 is 10.6. The van der Waals surface area contributed by atoms with Gasteiger partial charge in [0.15, 0.2) is 18.2 Å². The summed E-state index contributed by atoms with van der Waals surface area (Å²) in [7, 11) is 0. The lowest BCUT2D eigenvalue weighted by Gasteiger charge is -2.29. The van der Waals surface area contributed by atoms with E-state index in [-0.39, 0.29) is 56.8 Å². The van der Waals surface area contributed by atoms with Crippen LogP contribution in [0.25, 0.3) is 0 Å². The van der Waals surface area contributed by atoms with Crippen LogP contribution < -0.4 is 20.3 Å². The normalized spacial score (nSPS) is 20.0. The van der Waals surface area contributed by atoms with E-state index < -0.39 is 11.6 Å². The Morgan fingerprint density at radius 3 is 2.84 bits per heavy atom. The number of nitrogens with one attached hydrogen (secondary N) is 2. The van der Waals surface area contributed by atoms with Crippen molar-refractivity contribution >= 4 is 29.5 Å². The molecule has 0 aliphatic carbocycles. The summed E-state index contributed by atoms with van der Waals surface area (Å²) in [6, 6.07) is 12.5. The minimum absolute atomic E-state index is 0.0182. The first-order chi connectivity index (χ1) is 15.0. The topological polar surface area (TPSA) is 130 Å². The van der Waals surface area contributed by atoms with E-state index in [0.717, 1.165) is 5.56 Å². The lowest BCUT2D eigenvalue weighted by atomic mass is 9.94. The fourth-order valence-electron chi connectivity index (χ4n) is 3.65. The average Bonchev–Trinajstić information content (AvgIpc) is 3.08. The smallest absolute Gasteiger partial charge is 0.407 e. The average molecular weight is 426 g/mol. The molecule has 0 radical (unpaired) electrons. The molecule has 10 heteroatoms. The maximum Gasteiger partial charge on any atom is 0.407 e. The maximum atomic E-state index is 12.8. The van der Waals surface area contributed by atoms with Crippen LogP contribution in [0.2, 0.25) is 0 Å². The number of ether oxygens (including phenoxy) is 2. The maximum absolute atomic E-state index is 12.8. The molecule has 10 nitrogen and oxygen atoms in total. The number of amides is 3. The second-order valence-corrected chi connectivity index (χ2v) is 7.45. The summed E-state index contributed by atoms with van der Waals surface area (Å²) in [5, 5.41) is 14.9. The number of rotatable bonds is 6. The second kappa shape index (κ2) is 8.60. The molecule has 3 amide bonds. The molecule has 31 heavy (non-hydrogen) atoms. The van der Waals surface area contributed by atoms with Gasteiger partial charge in [0.05, 0.1) is 18.5 Å². The van der Waals surface area contributed by atoms with Gasteiger partial charge in [0.2, 0.25) is 5.91 Å². The van der Waals surface area contributed by atoms with Crippen molar-refractivity contribution in [2.45, 2.75) is 25.0 Å². The number of hydrogen-bond acceptors (Lipinski definition) is 7. The van der Waals surface area contributed by atoms with E-state index in [1.807, 2.05) is 30.3 Å². The van der Waals surface area contributed by atoms with Gasteiger partial charge in [-0.1, -0.05) is 30.3 Å². The standard InChI is InChI=1S/C21H22N4O6/c26-9-8-21(24-20(29)31-11-14-4-2-1-3-5-14)10-18(28)25(13-21)16-7-6-15-19(22-16)23-17(27)12-30-15/h1-7,26H,8-13H2,(H,24,29)(H,22,23,27). The summed E-state index contributed by atoms with van der Waals surface area (Å²) in [6.45, 7) is -0.119. The first kappa shape index (κ1) is 20.6. The van der Waals surface area contributed by atoms with E-state index in [4.69, 9.17) is 9.47 Å². The number of carbonyl (C=O) groups excluding carboxylic acids is 3. The predicted molar refractivity (Wildman–Crippen MR) is 110 cm³/mol. The highest BCUT2D eigenvalue weighted by Crippen LogP contribution is 2.33. The van der Waals surface area contributed by atoms with Gasteiger partial charge in [-0.15, -0.1) is 0 Å². The van der Waals surface area contributed by atoms with Gasteiger partial charge in [-0.3, -0.25) is 14.5 Å². The number of anilines is 2. The minimum atomic E-state index is -1.00. The largest absolute Gasteiger partial charge is 0.480 e. The molecule has 1 aromatic heterocycles. The van der Waals surface area contributed by atoms with Crippen LogP contribution in [-0.4, -0.2) is 53.3 Å². The molecule has 3 N–H and O–H groups in total. The number of pyridine rings is 1. The zero-order chi connectivity index (χ0) is 21.8. The summed E-state index contributed by atoms with van der Waals surface area (Å²) in [5.74, 6) is 0.360. The van der Waals surface area contributed by atoms with E-state index >= 15 is 0 Å². The Labute approximate surface area is 178 Å². The first-order valence-electron chi connectivity index (χ1n) is 9.82. The summed E-state index contributed by atoms with van der Waals surface area (Å²) >= 11 is 0. The second-order valence-electron chi connectivity index (χ2n) is 7.45. The molecule has 0 bridgehead atoms. The summed E-state index contributed by atoms with van der Waals surface area (Å²) in [5.41, 5.74) is -0.169. The Balaban J connectivity index is 1.47. The molecule has 1 saturated heterocycles. The van der Waals surface area contributed by atoms with Gasteiger partial charge in [0.25, 0.3) is 5.91 Å². The van der Waals surface area contributed by atoms with Crippen molar-refractivity contribution in [2.24, 2.45) is 0 Å². The molecule has 162 valence electrons. The Hall–Kier alpha value is -3.66. The molecule has 4 rings (SSSR count). The lowest BCUT2D eigenvalue weighted by molar-refractivity contribution is -0.119. The third-order valence-corrected chi connectivity index (χ3v) is 5.16. The third-order valence-electron chi connectivity index (χ3n) is 5.16. The molecular formula is C21H22N4O6. The van der Waals surface area contributed by atoms with Gasteiger partial charge in [0, 0.05) is 6.61 Å². The Morgan fingerprint density at radius 2 is 2.06 bits per heavy atom. The molecule has 1 unspecified atom stereocenters. The number of aliphatic hydroxyl groups is 1. The molecular weight excluding hydrogens is 404 g/mol. The third kappa shape index (κ3) is 4.58. The van der Waals surface area contributed by atoms with E-state index in [2.05, 4.69) is 15.6 Å². The SMILES string of the molecule is O=C1COc2ccc(N3CC(CCO)(NC(=O)OCc4ccccc4)CC3=O)nc2N1. The van der Waals surface area contributed by atoms with Gasteiger partial charge in [-0.05, 0) is 24.1 Å². The number of carbonyl (C=O) groups is 3. The molecule has 0 saturated carbocycles. The van der Waals surface area contributed by atoms with Gasteiger partial charge >= 0.3 is 6.09 Å². The van der Waals surface area contributed by atoms with E-state index in [0.29, 0.717) is 11.6 Å². The molecule has 2 aliphatic rings. The fourth-order valence-corrected chi connectivity index (χ4v) is 3.65. The Bertz CT molecular complexity index is 999. The number of aromatic nitrogens is 1. The number of alkyl carbamates (subject to hydrolysis) is 1. The Kier molecular flexibility index (Phi) is 5.72. The van der Waals surface area contributed by atoms with Crippen molar-refractivity contribution in [3.05, 3.63) is 48.0 Å². The van der Waals surface area contributed by atoms with Crippen LogP contribution >= 0.6 is 0 Å². The van der Waals surface area contributed by atoms with Crippen molar-refractivity contribution in [1.82, 2.24) is 10.3 Å².